The molecular weight excluding hydrogens is 260 g/mol. The van der Waals surface area contributed by atoms with E-state index in [0.29, 0.717) is 10.7 Å². The third-order valence-electron chi connectivity index (χ3n) is 3.04. The number of hydrogen-bond acceptors (Lipinski definition) is 3. The molecule has 98 valence electrons. The molecule has 0 amide bonds. The first-order valence-corrected chi connectivity index (χ1v) is 6.37. The molecule has 0 aliphatic carbocycles. The smallest absolute Gasteiger partial charge is 0.163 e. The van der Waals surface area contributed by atoms with Crippen molar-refractivity contribution in [1.29, 1.82) is 0 Å². The number of carbonyl (C=O) groups is 1. The molecule has 1 aromatic heterocycles. The molecular formula is C15H15ClN2O. The Balaban J connectivity index is 2.53. The monoisotopic (exact) mass is 274 g/mol. The van der Waals surface area contributed by atoms with E-state index in [1.165, 1.54) is 13.1 Å². The Morgan fingerprint density at radius 3 is 2.58 bits per heavy atom. The Morgan fingerprint density at radius 2 is 1.95 bits per heavy atom. The standard InChI is InChI=1S/C15H15ClN2O/c1-9-6-4-5-7-13(9)18-14-10(2)15(16)17-8-12(14)11(3)19/h4-8H,1-3H3,(H,17,18). The number of nitrogens with zero attached hydrogens (tertiary/aromatic N) is 1. The molecule has 0 unspecified atom stereocenters. The van der Waals surface area contributed by atoms with Gasteiger partial charge in [-0.1, -0.05) is 29.8 Å². The van der Waals surface area contributed by atoms with E-state index in [1.807, 2.05) is 38.1 Å². The Hall–Kier alpha value is -1.87. The average Bonchev–Trinajstić information content (AvgIpc) is 2.37. The van der Waals surface area contributed by atoms with Gasteiger partial charge in [0, 0.05) is 17.4 Å². The number of Topliss-reactive ketones (excluding diaryl/α,β-unsaturated/α-hetero) is 1. The molecule has 0 saturated carbocycles. The van der Waals surface area contributed by atoms with Gasteiger partial charge in [0.1, 0.15) is 5.15 Å². The van der Waals surface area contributed by atoms with Crippen molar-refractivity contribution < 1.29 is 4.79 Å². The molecule has 0 bridgehead atoms. The summed E-state index contributed by atoms with van der Waals surface area (Å²) in [4.78, 5) is 15.7. The second-order valence-electron chi connectivity index (χ2n) is 4.46. The summed E-state index contributed by atoms with van der Waals surface area (Å²) >= 11 is 6.03. The summed E-state index contributed by atoms with van der Waals surface area (Å²) in [5.41, 5.74) is 4.10. The topological polar surface area (TPSA) is 42.0 Å². The van der Waals surface area contributed by atoms with Gasteiger partial charge in [0.15, 0.2) is 5.78 Å². The van der Waals surface area contributed by atoms with Crippen molar-refractivity contribution in [2.75, 3.05) is 5.32 Å². The molecule has 1 heterocycles. The molecule has 4 heteroatoms. The summed E-state index contributed by atoms with van der Waals surface area (Å²) in [6.45, 7) is 5.38. The highest BCUT2D eigenvalue weighted by atomic mass is 35.5. The van der Waals surface area contributed by atoms with Crippen molar-refractivity contribution in [1.82, 2.24) is 4.98 Å². The molecule has 2 rings (SSSR count). The number of anilines is 2. The molecule has 1 aromatic carbocycles. The van der Waals surface area contributed by atoms with E-state index in [0.717, 1.165) is 22.5 Å². The van der Waals surface area contributed by atoms with Crippen LogP contribution in [0.5, 0.6) is 0 Å². The van der Waals surface area contributed by atoms with E-state index in [1.54, 1.807) is 0 Å². The van der Waals surface area contributed by atoms with Crippen LogP contribution >= 0.6 is 11.6 Å². The number of rotatable bonds is 3. The zero-order chi connectivity index (χ0) is 14.0. The van der Waals surface area contributed by atoms with Crippen molar-refractivity contribution >= 4 is 28.8 Å². The molecule has 19 heavy (non-hydrogen) atoms. The molecule has 3 nitrogen and oxygen atoms in total. The highest BCUT2D eigenvalue weighted by Crippen LogP contribution is 2.30. The van der Waals surface area contributed by atoms with Crippen LogP contribution in [0.4, 0.5) is 11.4 Å². The summed E-state index contributed by atoms with van der Waals surface area (Å²) in [5, 5.41) is 3.69. The molecule has 0 aliphatic heterocycles. The van der Waals surface area contributed by atoms with Gasteiger partial charge in [0.05, 0.1) is 11.3 Å². The van der Waals surface area contributed by atoms with Crippen molar-refractivity contribution in [3.63, 3.8) is 0 Å². The summed E-state index contributed by atoms with van der Waals surface area (Å²) in [6.07, 6.45) is 1.51. The Bertz CT molecular complexity index is 638. The van der Waals surface area contributed by atoms with E-state index in [2.05, 4.69) is 10.3 Å². The third-order valence-corrected chi connectivity index (χ3v) is 3.43. The highest BCUT2D eigenvalue weighted by molar-refractivity contribution is 6.30. The number of ketones is 1. The minimum absolute atomic E-state index is 0.0386. The Labute approximate surface area is 117 Å². The van der Waals surface area contributed by atoms with Gasteiger partial charge in [0.25, 0.3) is 0 Å². The summed E-state index contributed by atoms with van der Waals surface area (Å²) < 4.78 is 0. The lowest BCUT2D eigenvalue weighted by atomic mass is 10.1. The molecule has 0 fully saturated rings. The van der Waals surface area contributed by atoms with Crippen LogP contribution in [0, 0.1) is 13.8 Å². The van der Waals surface area contributed by atoms with E-state index in [4.69, 9.17) is 11.6 Å². The van der Waals surface area contributed by atoms with Crippen LogP contribution in [-0.4, -0.2) is 10.8 Å². The maximum absolute atomic E-state index is 11.7. The zero-order valence-electron chi connectivity index (χ0n) is 11.1. The molecule has 2 aromatic rings. The predicted molar refractivity (Wildman–Crippen MR) is 78.5 cm³/mol. The average molecular weight is 275 g/mol. The zero-order valence-corrected chi connectivity index (χ0v) is 11.9. The normalized spacial score (nSPS) is 10.3. The van der Waals surface area contributed by atoms with Gasteiger partial charge in [-0.3, -0.25) is 4.79 Å². The van der Waals surface area contributed by atoms with Crippen LogP contribution in [0.25, 0.3) is 0 Å². The van der Waals surface area contributed by atoms with Crippen LogP contribution in [0.15, 0.2) is 30.5 Å². The molecule has 0 spiro atoms. The fourth-order valence-electron chi connectivity index (χ4n) is 1.86. The van der Waals surface area contributed by atoms with Crippen LogP contribution in [0.1, 0.15) is 28.4 Å². The van der Waals surface area contributed by atoms with E-state index < -0.39 is 0 Å². The highest BCUT2D eigenvalue weighted by Gasteiger charge is 2.14. The lowest BCUT2D eigenvalue weighted by molar-refractivity contribution is 0.101. The van der Waals surface area contributed by atoms with Gasteiger partial charge >= 0.3 is 0 Å². The number of aryl methyl sites for hydroxylation is 1. The van der Waals surface area contributed by atoms with Crippen molar-refractivity contribution in [3.8, 4) is 0 Å². The number of carbonyl (C=O) groups excluding carboxylic acids is 1. The first kappa shape index (κ1) is 13.6. The Kier molecular flexibility index (Phi) is 3.86. The van der Waals surface area contributed by atoms with Gasteiger partial charge in [-0.25, -0.2) is 4.98 Å². The minimum Gasteiger partial charge on any atom is -0.354 e. The molecule has 1 N–H and O–H groups in total. The van der Waals surface area contributed by atoms with E-state index in [9.17, 15) is 4.79 Å². The lowest BCUT2D eigenvalue weighted by Gasteiger charge is -2.15. The van der Waals surface area contributed by atoms with Gasteiger partial charge in [0.2, 0.25) is 0 Å². The number of nitrogens with one attached hydrogen (secondary N) is 1. The summed E-state index contributed by atoms with van der Waals surface area (Å²) in [6, 6.07) is 7.89. The molecule has 0 radical (unpaired) electrons. The molecule has 0 aliphatic rings. The SMILES string of the molecule is CC(=O)c1cnc(Cl)c(C)c1Nc1ccccc1C. The number of halogens is 1. The van der Waals surface area contributed by atoms with Gasteiger partial charge in [-0.15, -0.1) is 0 Å². The maximum Gasteiger partial charge on any atom is 0.163 e. The van der Waals surface area contributed by atoms with Crippen molar-refractivity contribution in [2.24, 2.45) is 0 Å². The van der Waals surface area contributed by atoms with Crippen LogP contribution in [0.2, 0.25) is 5.15 Å². The second-order valence-corrected chi connectivity index (χ2v) is 4.82. The lowest BCUT2D eigenvalue weighted by Crippen LogP contribution is -2.05. The fraction of sp³-hybridized carbons (Fsp3) is 0.200. The maximum atomic E-state index is 11.7. The van der Waals surface area contributed by atoms with Gasteiger partial charge in [-0.05, 0) is 32.4 Å². The van der Waals surface area contributed by atoms with Gasteiger partial charge in [-0.2, -0.15) is 0 Å². The van der Waals surface area contributed by atoms with Gasteiger partial charge < -0.3 is 5.32 Å². The third kappa shape index (κ3) is 2.76. The number of hydrogen-bond donors (Lipinski definition) is 1. The van der Waals surface area contributed by atoms with Crippen molar-refractivity contribution in [2.45, 2.75) is 20.8 Å². The summed E-state index contributed by atoms with van der Waals surface area (Å²) in [5.74, 6) is -0.0386. The fourth-order valence-corrected chi connectivity index (χ4v) is 2.01. The second kappa shape index (κ2) is 5.41. The number of benzene rings is 1. The minimum atomic E-state index is -0.0386. The number of para-hydroxylation sites is 1. The first-order chi connectivity index (χ1) is 9.00. The number of pyridine rings is 1. The Morgan fingerprint density at radius 1 is 1.26 bits per heavy atom. The van der Waals surface area contributed by atoms with Crippen LogP contribution in [0.3, 0.4) is 0 Å². The van der Waals surface area contributed by atoms with E-state index in [-0.39, 0.29) is 5.78 Å². The summed E-state index contributed by atoms with van der Waals surface area (Å²) in [7, 11) is 0. The van der Waals surface area contributed by atoms with Crippen LogP contribution < -0.4 is 5.32 Å². The van der Waals surface area contributed by atoms with Crippen LogP contribution in [-0.2, 0) is 0 Å². The first-order valence-electron chi connectivity index (χ1n) is 5.99. The van der Waals surface area contributed by atoms with E-state index >= 15 is 0 Å². The quantitative estimate of drug-likeness (QED) is 0.670. The number of aromatic nitrogens is 1. The molecule has 0 saturated heterocycles. The largest absolute Gasteiger partial charge is 0.354 e. The predicted octanol–water partition coefficient (Wildman–Crippen LogP) is 4.30. The van der Waals surface area contributed by atoms with Crippen molar-refractivity contribution in [3.05, 3.63) is 52.3 Å². The molecule has 0 atom stereocenters.